The van der Waals surface area contributed by atoms with Crippen LogP contribution in [0.4, 0.5) is 0 Å². The maximum atomic E-state index is 10.7. The number of hydrogen-bond donors (Lipinski definition) is 1. The Morgan fingerprint density at radius 3 is 2.80 bits per heavy atom. The topological polar surface area (TPSA) is 38.3 Å². The number of hydrogen-bond acceptors (Lipinski definition) is 2. The quantitative estimate of drug-likeness (QED) is 0.514. The van der Waals surface area contributed by atoms with Crippen molar-refractivity contribution in [3.8, 4) is 12.3 Å². The molecular formula is C7H9NO2. The Morgan fingerprint density at radius 2 is 2.60 bits per heavy atom. The molecule has 1 heterocycles. The van der Waals surface area contributed by atoms with Gasteiger partial charge in [-0.2, -0.15) is 0 Å². The average molecular weight is 139 g/mol. The third-order valence-corrected chi connectivity index (χ3v) is 1.63. The molecule has 54 valence electrons. The minimum Gasteiger partial charge on any atom is -0.348 e. The number of methoxy groups -OCH3 is 1. The molecule has 1 unspecified atom stereocenters. The standard InChI is InChI=1S/C7H9NO2/c1-3-7(10-2)5-4-6(9)8-7/h1H,4-5H2,2H3,(H,8,9). The van der Waals surface area contributed by atoms with E-state index < -0.39 is 5.72 Å². The Labute approximate surface area is 59.7 Å². The fourth-order valence-corrected chi connectivity index (χ4v) is 0.960. The molecule has 0 aromatic carbocycles. The third-order valence-electron chi connectivity index (χ3n) is 1.63. The van der Waals surface area contributed by atoms with Gasteiger partial charge in [0, 0.05) is 20.0 Å². The van der Waals surface area contributed by atoms with Gasteiger partial charge in [-0.15, -0.1) is 6.42 Å². The number of carbonyl (C=O) groups excluding carboxylic acids is 1. The van der Waals surface area contributed by atoms with Crippen LogP contribution in [0.25, 0.3) is 0 Å². The molecule has 1 aliphatic rings. The molecule has 0 bridgehead atoms. The van der Waals surface area contributed by atoms with E-state index in [-0.39, 0.29) is 5.91 Å². The zero-order valence-corrected chi connectivity index (χ0v) is 5.81. The van der Waals surface area contributed by atoms with Gasteiger partial charge in [-0.05, 0) is 5.92 Å². The molecule has 1 amide bonds. The number of ether oxygens (including phenoxy) is 1. The minimum atomic E-state index is -0.822. The lowest BCUT2D eigenvalue weighted by atomic mass is 10.2. The first kappa shape index (κ1) is 7.10. The predicted molar refractivity (Wildman–Crippen MR) is 35.9 cm³/mol. The molecule has 1 rings (SSSR count). The summed E-state index contributed by atoms with van der Waals surface area (Å²) in [6, 6.07) is 0. The molecule has 3 nitrogen and oxygen atoms in total. The van der Waals surface area contributed by atoms with Crippen molar-refractivity contribution in [1.82, 2.24) is 5.32 Å². The summed E-state index contributed by atoms with van der Waals surface area (Å²) >= 11 is 0. The summed E-state index contributed by atoms with van der Waals surface area (Å²) in [6.07, 6.45) is 6.18. The van der Waals surface area contributed by atoms with E-state index in [4.69, 9.17) is 11.2 Å². The van der Waals surface area contributed by atoms with E-state index >= 15 is 0 Å². The van der Waals surface area contributed by atoms with Crippen molar-refractivity contribution in [1.29, 1.82) is 0 Å². The smallest absolute Gasteiger partial charge is 0.223 e. The van der Waals surface area contributed by atoms with Gasteiger partial charge in [-0.3, -0.25) is 4.79 Å². The first-order chi connectivity index (χ1) is 4.72. The highest BCUT2D eigenvalue weighted by molar-refractivity contribution is 5.79. The van der Waals surface area contributed by atoms with Gasteiger partial charge in [0.15, 0.2) is 0 Å². The van der Waals surface area contributed by atoms with Crippen LogP contribution in [0.3, 0.4) is 0 Å². The maximum absolute atomic E-state index is 10.7. The van der Waals surface area contributed by atoms with Gasteiger partial charge in [0.1, 0.15) is 0 Å². The highest BCUT2D eigenvalue weighted by Gasteiger charge is 2.35. The zero-order valence-electron chi connectivity index (χ0n) is 5.81. The molecule has 1 atom stereocenters. The summed E-state index contributed by atoms with van der Waals surface area (Å²) in [7, 11) is 1.49. The van der Waals surface area contributed by atoms with Crippen molar-refractivity contribution in [2.75, 3.05) is 7.11 Å². The number of rotatable bonds is 1. The van der Waals surface area contributed by atoms with Crippen molar-refractivity contribution < 1.29 is 9.53 Å². The summed E-state index contributed by atoms with van der Waals surface area (Å²) < 4.78 is 4.95. The highest BCUT2D eigenvalue weighted by Crippen LogP contribution is 2.19. The molecular weight excluding hydrogens is 130 g/mol. The molecule has 0 radical (unpaired) electrons. The Balaban J connectivity index is 2.71. The van der Waals surface area contributed by atoms with Crippen molar-refractivity contribution in [3.05, 3.63) is 0 Å². The van der Waals surface area contributed by atoms with Crippen LogP contribution in [-0.2, 0) is 9.53 Å². The SMILES string of the molecule is C#CC1(OC)CCC(=O)N1. The lowest BCUT2D eigenvalue weighted by Gasteiger charge is -2.19. The van der Waals surface area contributed by atoms with Crippen LogP contribution in [0.2, 0.25) is 0 Å². The molecule has 0 spiro atoms. The summed E-state index contributed by atoms with van der Waals surface area (Å²) in [6.45, 7) is 0. The molecule has 1 N–H and O–H groups in total. The van der Waals surface area contributed by atoms with Crippen LogP contribution in [-0.4, -0.2) is 18.7 Å². The summed E-state index contributed by atoms with van der Waals surface area (Å²) in [5.74, 6) is 2.36. The first-order valence-electron chi connectivity index (χ1n) is 3.06. The molecule has 0 saturated carbocycles. The van der Waals surface area contributed by atoms with Gasteiger partial charge < -0.3 is 10.1 Å². The van der Waals surface area contributed by atoms with E-state index in [0.717, 1.165) is 0 Å². The second-order valence-electron chi connectivity index (χ2n) is 2.22. The zero-order chi connectivity index (χ0) is 7.61. The van der Waals surface area contributed by atoms with E-state index in [1.165, 1.54) is 7.11 Å². The molecule has 10 heavy (non-hydrogen) atoms. The molecule has 1 saturated heterocycles. The monoisotopic (exact) mass is 139 g/mol. The number of terminal acetylenes is 1. The van der Waals surface area contributed by atoms with Crippen LogP contribution in [0.15, 0.2) is 0 Å². The molecule has 0 aromatic rings. The van der Waals surface area contributed by atoms with Crippen molar-refractivity contribution in [2.45, 2.75) is 18.6 Å². The van der Waals surface area contributed by atoms with E-state index in [0.29, 0.717) is 12.8 Å². The van der Waals surface area contributed by atoms with Gasteiger partial charge in [0.05, 0.1) is 0 Å². The first-order valence-corrected chi connectivity index (χ1v) is 3.06. The molecule has 0 aliphatic carbocycles. The van der Waals surface area contributed by atoms with Crippen LogP contribution in [0.1, 0.15) is 12.8 Å². The van der Waals surface area contributed by atoms with E-state index in [2.05, 4.69) is 11.2 Å². The maximum Gasteiger partial charge on any atom is 0.223 e. The fourth-order valence-electron chi connectivity index (χ4n) is 0.960. The minimum absolute atomic E-state index is 0.0419. The number of amides is 1. The molecule has 1 aliphatic heterocycles. The van der Waals surface area contributed by atoms with E-state index in [9.17, 15) is 4.79 Å². The average Bonchev–Trinajstić information content (AvgIpc) is 2.33. The van der Waals surface area contributed by atoms with Crippen LogP contribution < -0.4 is 5.32 Å². The second-order valence-corrected chi connectivity index (χ2v) is 2.22. The summed E-state index contributed by atoms with van der Waals surface area (Å²) in [5.41, 5.74) is -0.822. The van der Waals surface area contributed by atoms with Gasteiger partial charge in [0.2, 0.25) is 11.6 Å². The fraction of sp³-hybridized carbons (Fsp3) is 0.571. The largest absolute Gasteiger partial charge is 0.348 e. The lowest BCUT2D eigenvalue weighted by molar-refractivity contribution is -0.121. The van der Waals surface area contributed by atoms with Crippen molar-refractivity contribution in [2.24, 2.45) is 0 Å². The van der Waals surface area contributed by atoms with Gasteiger partial charge in [-0.1, -0.05) is 0 Å². The Kier molecular flexibility index (Phi) is 1.64. The second kappa shape index (κ2) is 2.31. The van der Waals surface area contributed by atoms with Crippen LogP contribution >= 0.6 is 0 Å². The summed E-state index contributed by atoms with van der Waals surface area (Å²) in [5, 5.41) is 2.57. The predicted octanol–water partition coefficient (Wildman–Crippen LogP) is -0.128. The van der Waals surface area contributed by atoms with Gasteiger partial charge in [0.25, 0.3) is 0 Å². The Morgan fingerprint density at radius 1 is 1.90 bits per heavy atom. The lowest BCUT2D eigenvalue weighted by Crippen LogP contribution is -2.41. The molecule has 3 heteroatoms. The van der Waals surface area contributed by atoms with Crippen molar-refractivity contribution >= 4 is 5.91 Å². The molecule has 1 fully saturated rings. The normalized spacial score (nSPS) is 31.4. The van der Waals surface area contributed by atoms with Gasteiger partial charge >= 0.3 is 0 Å². The molecule has 0 aromatic heterocycles. The van der Waals surface area contributed by atoms with Crippen LogP contribution in [0.5, 0.6) is 0 Å². The van der Waals surface area contributed by atoms with Crippen LogP contribution in [0, 0.1) is 12.3 Å². The number of nitrogens with one attached hydrogen (secondary N) is 1. The van der Waals surface area contributed by atoms with Crippen molar-refractivity contribution in [3.63, 3.8) is 0 Å². The summed E-state index contributed by atoms with van der Waals surface area (Å²) in [4.78, 5) is 10.7. The highest BCUT2D eigenvalue weighted by atomic mass is 16.5. The third kappa shape index (κ3) is 0.981. The Hall–Kier alpha value is -1.01. The van der Waals surface area contributed by atoms with Gasteiger partial charge in [-0.25, -0.2) is 0 Å². The Bertz CT molecular complexity index is 194. The van der Waals surface area contributed by atoms with E-state index in [1.807, 2.05) is 0 Å². The van der Waals surface area contributed by atoms with E-state index in [1.54, 1.807) is 0 Å². The number of carbonyl (C=O) groups is 1.